The maximum absolute atomic E-state index is 13.7. The van der Waals surface area contributed by atoms with Crippen molar-refractivity contribution in [3.63, 3.8) is 0 Å². The summed E-state index contributed by atoms with van der Waals surface area (Å²) in [7, 11) is 0. The first kappa shape index (κ1) is 14.8. The van der Waals surface area contributed by atoms with E-state index >= 15 is 0 Å². The fraction of sp³-hybridized carbons (Fsp3) is 0.600. The molecule has 0 aromatic heterocycles. The highest BCUT2D eigenvalue weighted by molar-refractivity contribution is 6.31. The predicted molar refractivity (Wildman–Crippen MR) is 75.8 cm³/mol. The van der Waals surface area contributed by atoms with Gasteiger partial charge in [0, 0.05) is 18.0 Å². The van der Waals surface area contributed by atoms with E-state index in [1.807, 2.05) is 6.92 Å². The molecule has 0 saturated carbocycles. The van der Waals surface area contributed by atoms with Gasteiger partial charge < -0.3 is 10.4 Å². The molecule has 2 rings (SSSR count). The summed E-state index contributed by atoms with van der Waals surface area (Å²) in [6.07, 6.45) is 3.41. The van der Waals surface area contributed by atoms with Crippen LogP contribution in [-0.4, -0.2) is 18.2 Å². The fourth-order valence-corrected chi connectivity index (χ4v) is 3.33. The van der Waals surface area contributed by atoms with Gasteiger partial charge in [0.15, 0.2) is 0 Å². The Morgan fingerprint density at radius 1 is 1.53 bits per heavy atom. The second-order valence-corrected chi connectivity index (χ2v) is 5.70. The van der Waals surface area contributed by atoms with E-state index in [4.69, 9.17) is 11.6 Å². The average molecular weight is 286 g/mol. The number of hydrogen-bond acceptors (Lipinski definition) is 2. The monoisotopic (exact) mass is 285 g/mol. The van der Waals surface area contributed by atoms with Crippen molar-refractivity contribution in [2.75, 3.05) is 13.1 Å². The van der Waals surface area contributed by atoms with Gasteiger partial charge in [-0.1, -0.05) is 37.1 Å². The molecule has 106 valence electrons. The Kier molecular flexibility index (Phi) is 4.82. The van der Waals surface area contributed by atoms with Gasteiger partial charge in [0.05, 0.1) is 10.6 Å². The Morgan fingerprint density at radius 3 is 2.95 bits per heavy atom. The van der Waals surface area contributed by atoms with E-state index in [1.165, 1.54) is 6.07 Å². The maximum Gasteiger partial charge on any atom is 0.142 e. The van der Waals surface area contributed by atoms with Crippen LogP contribution in [0.5, 0.6) is 0 Å². The largest absolute Gasteiger partial charge is 0.385 e. The van der Waals surface area contributed by atoms with E-state index in [-0.39, 0.29) is 10.9 Å². The van der Waals surface area contributed by atoms with Crippen LogP contribution in [0.2, 0.25) is 5.02 Å². The summed E-state index contributed by atoms with van der Waals surface area (Å²) in [5.74, 6) is -0.377. The van der Waals surface area contributed by atoms with Gasteiger partial charge in [-0.25, -0.2) is 4.39 Å². The number of aliphatic hydroxyl groups is 1. The molecule has 0 amide bonds. The molecule has 1 aliphatic heterocycles. The SMILES string of the molecule is CCC[C@@](O)(c1cccc(F)c1Cl)[C@@H]1CCCNC1. The molecule has 0 spiro atoms. The van der Waals surface area contributed by atoms with Crippen LogP contribution < -0.4 is 5.32 Å². The van der Waals surface area contributed by atoms with E-state index in [0.717, 1.165) is 32.4 Å². The third-order valence-corrected chi connectivity index (χ3v) is 4.41. The number of hydrogen-bond donors (Lipinski definition) is 2. The van der Waals surface area contributed by atoms with Gasteiger partial charge in [-0.15, -0.1) is 0 Å². The van der Waals surface area contributed by atoms with Crippen LogP contribution in [0.4, 0.5) is 4.39 Å². The van der Waals surface area contributed by atoms with Gasteiger partial charge in [-0.05, 0) is 31.9 Å². The summed E-state index contributed by atoms with van der Waals surface area (Å²) in [6, 6.07) is 4.69. The molecule has 0 bridgehead atoms. The van der Waals surface area contributed by atoms with Crippen molar-refractivity contribution >= 4 is 11.6 Å². The molecule has 19 heavy (non-hydrogen) atoms. The summed E-state index contributed by atoms with van der Waals surface area (Å²) in [4.78, 5) is 0. The summed E-state index contributed by atoms with van der Waals surface area (Å²) in [6.45, 7) is 3.76. The lowest BCUT2D eigenvalue weighted by atomic mass is 9.75. The molecule has 1 heterocycles. The smallest absolute Gasteiger partial charge is 0.142 e. The summed E-state index contributed by atoms with van der Waals surface area (Å²) in [5, 5.41) is 14.5. The van der Waals surface area contributed by atoms with Gasteiger partial charge in [0.1, 0.15) is 5.82 Å². The van der Waals surface area contributed by atoms with Crippen molar-refractivity contribution in [3.05, 3.63) is 34.6 Å². The van der Waals surface area contributed by atoms with E-state index in [9.17, 15) is 9.50 Å². The van der Waals surface area contributed by atoms with Crippen molar-refractivity contribution in [1.82, 2.24) is 5.32 Å². The van der Waals surface area contributed by atoms with Gasteiger partial charge in [0.2, 0.25) is 0 Å². The normalized spacial score (nSPS) is 23.1. The Balaban J connectivity index is 2.39. The summed E-state index contributed by atoms with van der Waals surface area (Å²) >= 11 is 6.08. The van der Waals surface area contributed by atoms with Crippen molar-refractivity contribution in [1.29, 1.82) is 0 Å². The van der Waals surface area contributed by atoms with Crippen LogP contribution >= 0.6 is 11.6 Å². The lowest BCUT2D eigenvalue weighted by Crippen LogP contribution is -2.44. The van der Waals surface area contributed by atoms with E-state index in [1.54, 1.807) is 12.1 Å². The third kappa shape index (κ3) is 2.93. The zero-order chi connectivity index (χ0) is 13.9. The standard InChI is InChI=1S/C15H21ClFNO/c1-2-8-15(19,11-5-4-9-18-10-11)12-6-3-7-13(17)14(12)16/h3,6-7,11,18-19H,2,4-5,8-10H2,1H3/t11-,15+/m1/s1. The number of rotatable bonds is 4. The molecule has 1 saturated heterocycles. The molecular weight excluding hydrogens is 265 g/mol. The van der Waals surface area contributed by atoms with Crippen molar-refractivity contribution in [2.45, 2.75) is 38.2 Å². The lowest BCUT2D eigenvalue weighted by Gasteiger charge is -2.39. The minimum atomic E-state index is -1.04. The van der Waals surface area contributed by atoms with E-state index in [0.29, 0.717) is 12.0 Å². The van der Waals surface area contributed by atoms with Crippen molar-refractivity contribution in [2.24, 2.45) is 5.92 Å². The number of nitrogens with one attached hydrogen (secondary N) is 1. The second-order valence-electron chi connectivity index (χ2n) is 5.32. The lowest BCUT2D eigenvalue weighted by molar-refractivity contribution is -0.0413. The van der Waals surface area contributed by atoms with Gasteiger partial charge in [-0.3, -0.25) is 0 Å². The number of piperidine rings is 1. The van der Waals surface area contributed by atoms with Crippen molar-refractivity contribution in [3.8, 4) is 0 Å². The molecule has 2 N–H and O–H groups in total. The van der Waals surface area contributed by atoms with Gasteiger partial charge >= 0.3 is 0 Å². The Morgan fingerprint density at radius 2 is 2.32 bits per heavy atom. The minimum Gasteiger partial charge on any atom is -0.385 e. The van der Waals surface area contributed by atoms with Crippen LogP contribution in [0.1, 0.15) is 38.2 Å². The Bertz CT molecular complexity index is 434. The zero-order valence-corrected chi connectivity index (χ0v) is 12.0. The maximum atomic E-state index is 13.7. The molecule has 1 aromatic rings. The first-order valence-corrected chi connectivity index (χ1v) is 7.35. The van der Waals surface area contributed by atoms with Crippen molar-refractivity contribution < 1.29 is 9.50 Å². The average Bonchev–Trinajstić information content (AvgIpc) is 2.43. The van der Waals surface area contributed by atoms with Crippen LogP contribution in [0, 0.1) is 11.7 Å². The molecule has 1 aromatic carbocycles. The first-order valence-electron chi connectivity index (χ1n) is 6.97. The third-order valence-electron chi connectivity index (χ3n) is 4.02. The molecule has 0 aliphatic carbocycles. The number of halogens is 2. The molecule has 2 nitrogen and oxygen atoms in total. The molecule has 1 fully saturated rings. The second kappa shape index (κ2) is 6.21. The molecule has 4 heteroatoms. The minimum absolute atomic E-state index is 0.0593. The Hall–Kier alpha value is -0.640. The quantitative estimate of drug-likeness (QED) is 0.888. The topological polar surface area (TPSA) is 32.3 Å². The van der Waals surface area contributed by atoms with Crippen LogP contribution in [0.3, 0.4) is 0 Å². The highest BCUT2D eigenvalue weighted by atomic mass is 35.5. The fourth-order valence-electron chi connectivity index (χ4n) is 3.04. The first-order chi connectivity index (χ1) is 9.09. The van der Waals surface area contributed by atoms with Crippen LogP contribution in [-0.2, 0) is 5.60 Å². The summed E-state index contributed by atoms with van der Waals surface area (Å²) in [5.41, 5.74) is -0.508. The molecule has 0 unspecified atom stereocenters. The molecule has 2 atom stereocenters. The van der Waals surface area contributed by atoms with Crippen LogP contribution in [0.15, 0.2) is 18.2 Å². The van der Waals surface area contributed by atoms with Crippen LogP contribution in [0.25, 0.3) is 0 Å². The van der Waals surface area contributed by atoms with Gasteiger partial charge in [0.25, 0.3) is 0 Å². The van der Waals surface area contributed by atoms with E-state index in [2.05, 4.69) is 5.32 Å². The van der Waals surface area contributed by atoms with E-state index < -0.39 is 11.4 Å². The molecule has 1 aliphatic rings. The predicted octanol–water partition coefficient (Wildman–Crippen LogP) is 3.47. The summed E-state index contributed by atoms with van der Waals surface area (Å²) < 4.78 is 13.7. The highest BCUT2D eigenvalue weighted by Gasteiger charge is 2.40. The number of benzene rings is 1. The zero-order valence-electron chi connectivity index (χ0n) is 11.3. The molecule has 0 radical (unpaired) electrons. The molecular formula is C15H21ClFNO. The Labute approximate surface area is 119 Å². The highest BCUT2D eigenvalue weighted by Crippen LogP contribution is 2.41. The van der Waals surface area contributed by atoms with Gasteiger partial charge in [-0.2, -0.15) is 0 Å².